The largest absolute Gasteiger partial charge is 0.357 e. The molecule has 2 N–H and O–H groups in total. The van der Waals surface area contributed by atoms with Crippen LogP contribution in [0.5, 0.6) is 0 Å². The summed E-state index contributed by atoms with van der Waals surface area (Å²) < 4.78 is 0. The summed E-state index contributed by atoms with van der Waals surface area (Å²) in [7, 11) is 0. The zero-order chi connectivity index (χ0) is 9.97. The Morgan fingerprint density at radius 2 is 2.07 bits per heavy atom. The van der Waals surface area contributed by atoms with Crippen LogP contribution in [0.1, 0.15) is 31.4 Å². The van der Waals surface area contributed by atoms with Gasteiger partial charge in [-0.2, -0.15) is 0 Å². The topological polar surface area (TPSA) is 42.1 Å². The van der Waals surface area contributed by atoms with Crippen LogP contribution in [0.2, 0.25) is 0 Å². The van der Waals surface area contributed by atoms with Crippen molar-refractivity contribution in [1.82, 2.24) is 4.98 Å². The number of rotatable bonds is 2. The van der Waals surface area contributed by atoms with E-state index in [-0.39, 0.29) is 6.04 Å². The summed E-state index contributed by atoms with van der Waals surface area (Å²) >= 11 is 0. The normalized spacial score (nSPS) is 18.6. The standard InChI is InChI=1S/C11H17N3/c1-9(12)10-4-5-11(13-8-10)14-6-2-3-7-14/h4-5,8-9H,2-3,6-7,12H2,1H3. The van der Waals surface area contributed by atoms with Gasteiger partial charge in [0.05, 0.1) is 0 Å². The van der Waals surface area contributed by atoms with Crippen molar-refractivity contribution in [2.24, 2.45) is 5.73 Å². The Morgan fingerprint density at radius 1 is 1.36 bits per heavy atom. The maximum atomic E-state index is 5.76. The predicted molar refractivity (Wildman–Crippen MR) is 58.3 cm³/mol. The quantitative estimate of drug-likeness (QED) is 0.773. The molecule has 0 radical (unpaired) electrons. The van der Waals surface area contributed by atoms with Gasteiger partial charge < -0.3 is 10.6 Å². The first kappa shape index (κ1) is 9.46. The molecular formula is C11H17N3. The summed E-state index contributed by atoms with van der Waals surface area (Å²) in [6.07, 6.45) is 4.46. The Balaban J connectivity index is 2.12. The summed E-state index contributed by atoms with van der Waals surface area (Å²) in [5.41, 5.74) is 6.87. The van der Waals surface area contributed by atoms with Gasteiger partial charge in [0.1, 0.15) is 5.82 Å². The van der Waals surface area contributed by atoms with Gasteiger partial charge >= 0.3 is 0 Å². The third kappa shape index (κ3) is 1.87. The van der Waals surface area contributed by atoms with Gasteiger partial charge in [0.15, 0.2) is 0 Å². The van der Waals surface area contributed by atoms with E-state index in [0.29, 0.717) is 0 Å². The van der Waals surface area contributed by atoms with Gasteiger partial charge in [-0.3, -0.25) is 0 Å². The summed E-state index contributed by atoms with van der Waals surface area (Å²) in [4.78, 5) is 6.75. The van der Waals surface area contributed by atoms with E-state index in [2.05, 4.69) is 22.0 Å². The number of aromatic nitrogens is 1. The molecule has 0 bridgehead atoms. The van der Waals surface area contributed by atoms with Gasteiger partial charge in [-0.05, 0) is 31.4 Å². The Hall–Kier alpha value is -1.09. The maximum Gasteiger partial charge on any atom is 0.128 e. The number of nitrogens with zero attached hydrogens (tertiary/aromatic N) is 2. The SMILES string of the molecule is CC(N)c1ccc(N2CCCC2)nc1. The fourth-order valence-corrected chi connectivity index (χ4v) is 1.80. The molecule has 1 aromatic heterocycles. The summed E-state index contributed by atoms with van der Waals surface area (Å²) in [6, 6.07) is 4.23. The molecule has 3 heteroatoms. The minimum atomic E-state index is 0.0788. The van der Waals surface area contributed by atoms with Crippen molar-refractivity contribution in [3.05, 3.63) is 23.9 Å². The number of hydrogen-bond donors (Lipinski definition) is 1. The predicted octanol–water partition coefficient (Wildman–Crippen LogP) is 1.70. The molecule has 1 unspecified atom stereocenters. The van der Waals surface area contributed by atoms with E-state index >= 15 is 0 Å². The molecule has 0 aliphatic carbocycles. The molecule has 0 saturated carbocycles. The highest BCUT2D eigenvalue weighted by Crippen LogP contribution is 2.18. The van der Waals surface area contributed by atoms with Crippen LogP contribution in [0.4, 0.5) is 5.82 Å². The molecule has 1 aliphatic rings. The smallest absolute Gasteiger partial charge is 0.128 e. The van der Waals surface area contributed by atoms with Gasteiger partial charge in [0, 0.05) is 25.3 Å². The molecule has 14 heavy (non-hydrogen) atoms. The second-order valence-electron chi connectivity index (χ2n) is 3.93. The van der Waals surface area contributed by atoms with E-state index < -0.39 is 0 Å². The second-order valence-corrected chi connectivity index (χ2v) is 3.93. The van der Waals surface area contributed by atoms with Crippen LogP contribution in [-0.2, 0) is 0 Å². The highest BCUT2D eigenvalue weighted by atomic mass is 15.2. The lowest BCUT2D eigenvalue weighted by molar-refractivity contribution is 0.808. The molecule has 0 amide bonds. The molecule has 0 aromatic carbocycles. The first-order valence-electron chi connectivity index (χ1n) is 5.24. The van der Waals surface area contributed by atoms with E-state index in [1.54, 1.807) is 0 Å². The number of hydrogen-bond acceptors (Lipinski definition) is 3. The van der Waals surface area contributed by atoms with Crippen LogP contribution in [0.25, 0.3) is 0 Å². The van der Waals surface area contributed by atoms with E-state index in [1.807, 2.05) is 13.1 Å². The van der Waals surface area contributed by atoms with Crippen molar-refractivity contribution in [2.45, 2.75) is 25.8 Å². The number of pyridine rings is 1. The monoisotopic (exact) mass is 191 g/mol. The van der Waals surface area contributed by atoms with Gasteiger partial charge in [0.25, 0.3) is 0 Å². The molecule has 2 heterocycles. The highest BCUT2D eigenvalue weighted by molar-refractivity contribution is 5.40. The molecule has 1 aliphatic heterocycles. The third-order valence-corrected chi connectivity index (χ3v) is 2.73. The van der Waals surface area contributed by atoms with Gasteiger partial charge in [0.2, 0.25) is 0 Å². The van der Waals surface area contributed by atoms with E-state index in [0.717, 1.165) is 24.5 Å². The van der Waals surface area contributed by atoms with Crippen LogP contribution in [-0.4, -0.2) is 18.1 Å². The van der Waals surface area contributed by atoms with Gasteiger partial charge in [-0.1, -0.05) is 6.07 Å². The van der Waals surface area contributed by atoms with Crippen LogP contribution in [0.15, 0.2) is 18.3 Å². The maximum absolute atomic E-state index is 5.76. The molecular weight excluding hydrogens is 174 g/mol. The van der Waals surface area contributed by atoms with Crippen LogP contribution in [0.3, 0.4) is 0 Å². The number of anilines is 1. The fourth-order valence-electron chi connectivity index (χ4n) is 1.80. The number of nitrogens with two attached hydrogens (primary N) is 1. The Kier molecular flexibility index (Phi) is 2.68. The summed E-state index contributed by atoms with van der Waals surface area (Å²) in [5.74, 6) is 1.09. The molecule has 3 nitrogen and oxygen atoms in total. The van der Waals surface area contributed by atoms with E-state index in [1.165, 1.54) is 12.8 Å². The van der Waals surface area contributed by atoms with Crippen LogP contribution >= 0.6 is 0 Å². The van der Waals surface area contributed by atoms with E-state index in [4.69, 9.17) is 5.73 Å². The van der Waals surface area contributed by atoms with Crippen molar-refractivity contribution < 1.29 is 0 Å². The Morgan fingerprint density at radius 3 is 2.57 bits per heavy atom. The Labute approximate surface area is 84.9 Å². The zero-order valence-electron chi connectivity index (χ0n) is 8.61. The van der Waals surface area contributed by atoms with Crippen molar-refractivity contribution in [2.75, 3.05) is 18.0 Å². The third-order valence-electron chi connectivity index (χ3n) is 2.73. The second kappa shape index (κ2) is 3.96. The first-order valence-corrected chi connectivity index (χ1v) is 5.24. The lowest BCUT2D eigenvalue weighted by Gasteiger charge is -2.16. The van der Waals surface area contributed by atoms with Crippen molar-refractivity contribution in [3.8, 4) is 0 Å². The minimum Gasteiger partial charge on any atom is -0.357 e. The summed E-state index contributed by atoms with van der Waals surface area (Å²) in [5, 5.41) is 0. The molecule has 0 spiro atoms. The lowest BCUT2D eigenvalue weighted by atomic mass is 10.1. The van der Waals surface area contributed by atoms with E-state index in [9.17, 15) is 0 Å². The van der Waals surface area contributed by atoms with Crippen molar-refractivity contribution in [1.29, 1.82) is 0 Å². The molecule has 1 atom stereocenters. The van der Waals surface area contributed by atoms with Crippen LogP contribution < -0.4 is 10.6 Å². The molecule has 1 fully saturated rings. The summed E-state index contributed by atoms with van der Waals surface area (Å²) in [6.45, 7) is 4.27. The van der Waals surface area contributed by atoms with Gasteiger partial charge in [-0.15, -0.1) is 0 Å². The average molecular weight is 191 g/mol. The Bertz CT molecular complexity index is 286. The molecule has 1 aromatic rings. The molecule has 1 saturated heterocycles. The molecule has 76 valence electrons. The molecule has 2 rings (SSSR count). The average Bonchev–Trinajstić information content (AvgIpc) is 2.71. The fraction of sp³-hybridized carbons (Fsp3) is 0.545. The highest BCUT2D eigenvalue weighted by Gasteiger charge is 2.13. The van der Waals surface area contributed by atoms with Crippen molar-refractivity contribution >= 4 is 5.82 Å². The zero-order valence-corrected chi connectivity index (χ0v) is 8.61. The minimum absolute atomic E-state index is 0.0788. The lowest BCUT2D eigenvalue weighted by Crippen LogP contribution is -2.19. The first-order chi connectivity index (χ1) is 6.77. The van der Waals surface area contributed by atoms with Crippen molar-refractivity contribution in [3.63, 3.8) is 0 Å². The van der Waals surface area contributed by atoms with Crippen LogP contribution in [0, 0.1) is 0 Å². The van der Waals surface area contributed by atoms with Gasteiger partial charge in [-0.25, -0.2) is 4.98 Å².